The lowest BCUT2D eigenvalue weighted by Gasteiger charge is -2.36. The van der Waals surface area contributed by atoms with Gasteiger partial charge in [0.05, 0.1) is 0 Å². The maximum absolute atomic E-state index is 11.0. The molecule has 0 amide bonds. The highest BCUT2D eigenvalue weighted by atomic mass is 16.5. The van der Waals surface area contributed by atoms with Gasteiger partial charge in [0.2, 0.25) is 0 Å². The molecule has 0 bridgehead atoms. The topological polar surface area (TPSA) is 75.4 Å². The van der Waals surface area contributed by atoms with Gasteiger partial charge in [0.15, 0.2) is 5.82 Å². The minimum Gasteiger partial charge on any atom is -0.481 e. The highest BCUT2D eigenvalue weighted by molar-refractivity contribution is 5.69. The van der Waals surface area contributed by atoms with E-state index in [0.717, 1.165) is 16.7 Å². The van der Waals surface area contributed by atoms with Crippen LogP contribution in [0.3, 0.4) is 0 Å². The molecular formula is C24H20N2O3. The summed E-state index contributed by atoms with van der Waals surface area (Å²) in [5.74, 6) is -0.200. The lowest BCUT2D eigenvalue weighted by Crippen LogP contribution is -2.38. The fourth-order valence-electron chi connectivity index (χ4n) is 3.58. The standard InChI is InChI=1S/C24H20N2O3/c27-23(28)17-21-16-22(26-29-21)25-24(18-10-4-1-5-11-18,19-12-6-2-7-13-19)20-14-8-3-9-15-20/h1-16H,17H2,(H,25,26)(H,27,28). The van der Waals surface area contributed by atoms with Crippen molar-refractivity contribution in [1.29, 1.82) is 0 Å². The van der Waals surface area contributed by atoms with Crippen molar-refractivity contribution in [2.75, 3.05) is 5.32 Å². The molecule has 3 aromatic carbocycles. The second-order valence-electron chi connectivity index (χ2n) is 6.72. The molecule has 5 nitrogen and oxygen atoms in total. The third kappa shape index (κ3) is 3.75. The highest BCUT2D eigenvalue weighted by Crippen LogP contribution is 2.39. The summed E-state index contributed by atoms with van der Waals surface area (Å²) in [7, 11) is 0. The second-order valence-corrected chi connectivity index (χ2v) is 6.72. The van der Waals surface area contributed by atoms with Gasteiger partial charge in [0.25, 0.3) is 0 Å². The van der Waals surface area contributed by atoms with E-state index in [4.69, 9.17) is 9.63 Å². The first kappa shape index (κ1) is 18.5. The first-order valence-corrected chi connectivity index (χ1v) is 9.30. The van der Waals surface area contributed by atoms with Crippen molar-refractivity contribution in [2.45, 2.75) is 12.0 Å². The molecule has 1 heterocycles. The number of benzene rings is 3. The zero-order valence-electron chi connectivity index (χ0n) is 15.7. The van der Waals surface area contributed by atoms with Gasteiger partial charge >= 0.3 is 5.97 Å². The molecule has 2 N–H and O–H groups in total. The van der Waals surface area contributed by atoms with Crippen LogP contribution < -0.4 is 5.32 Å². The first-order chi connectivity index (χ1) is 14.2. The number of hydrogen-bond donors (Lipinski definition) is 2. The molecular weight excluding hydrogens is 364 g/mol. The molecule has 144 valence electrons. The Morgan fingerprint density at radius 1 is 0.828 bits per heavy atom. The number of nitrogens with one attached hydrogen (secondary N) is 1. The molecule has 0 saturated heterocycles. The number of rotatable bonds is 7. The Hall–Kier alpha value is -3.86. The number of aromatic nitrogens is 1. The number of aliphatic carboxylic acids is 1. The average molecular weight is 384 g/mol. The van der Waals surface area contributed by atoms with E-state index in [1.54, 1.807) is 6.07 Å². The van der Waals surface area contributed by atoms with Crippen LogP contribution in [0, 0.1) is 0 Å². The number of nitrogens with zero attached hydrogens (tertiary/aromatic N) is 1. The molecule has 4 aromatic rings. The Labute approximate surface area is 168 Å². The molecule has 0 saturated carbocycles. The first-order valence-electron chi connectivity index (χ1n) is 9.30. The lowest BCUT2D eigenvalue weighted by atomic mass is 9.77. The third-order valence-electron chi connectivity index (χ3n) is 4.82. The molecule has 4 rings (SSSR count). The second kappa shape index (κ2) is 8.02. The minimum absolute atomic E-state index is 0.219. The number of carbonyl (C=O) groups is 1. The van der Waals surface area contributed by atoms with Gasteiger partial charge in [-0.1, -0.05) is 96.2 Å². The van der Waals surface area contributed by atoms with E-state index in [0.29, 0.717) is 11.6 Å². The summed E-state index contributed by atoms with van der Waals surface area (Å²) in [6.45, 7) is 0. The van der Waals surface area contributed by atoms with Crippen LogP contribution >= 0.6 is 0 Å². The van der Waals surface area contributed by atoms with Gasteiger partial charge < -0.3 is 14.9 Å². The summed E-state index contributed by atoms with van der Waals surface area (Å²) in [6, 6.07) is 31.9. The van der Waals surface area contributed by atoms with Crippen LogP contribution in [0.5, 0.6) is 0 Å². The summed E-state index contributed by atoms with van der Waals surface area (Å²) in [5.41, 5.74) is 2.35. The molecule has 1 aromatic heterocycles. The van der Waals surface area contributed by atoms with Crippen LogP contribution in [0.25, 0.3) is 0 Å². The molecule has 5 heteroatoms. The summed E-state index contributed by atoms with van der Waals surface area (Å²) in [5, 5.41) is 16.7. The number of anilines is 1. The number of carboxylic acid groups (broad SMARTS) is 1. The van der Waals surface area contributed by atoms with E-state index >= 15 is 0 Å². The Morgan fingerprint density at radius 2 is 1.28 bits per heavy atom. The molecule has 0 aliphatic carbocycles. The largest absolute Gasteiger partial charge is 0.481 e. The van der Waals surface area contributed by atoms with Crippen LogP contribution in [-0.4, -0.2) is 16.2 Å². The lowest BCUT2D eigenvalue weighted by molar-refractivity contribution is -0.136. The predicted octanol–water partition coefficient (Wildman–Crippen LogP) is 4.71. The summed E-state index contributed by atoms with van der Waals surface area (Å²) >= 11 is 0. The smallest absolute Gasteiger partial charge is 0.311 e. The highest BCUT2D eigenvalue weighted by Gasteiger charge is 2.37. The zero-order chi connectivity index (χ0) is 20.1. The number of hydrogen-bond acceptors (Lipinski definition) is 4. The van der Waals surface area contributed by atoms with E-state index in [1.807, 2.05) is 54.6 Å². The molecule has 0 fully saturated rings. The molecule has 0 unspecified atom stereocenters. The Kier molecular flexibility index (Phi) is 5.12. The average Bonchev–Trinajstić information content (AvgIpc) is 3.20. The van der Waals surface area contributed by atoms with E-state index in [-0.39, 0.29) is 6.42 Å². The third-order valence-corrected chi connectivity index (χ3v) is 4.82. The Morgan fingerprint density at radius 3 is 1.69 bits per heavy atom. The van der Waals surface area contributed by atoms with Gasteiger partial charge in [-0.3, -0.25) is 4.79 Å². The van der Waals surface area contributed by atoms with Crippen molar-refractivity contribution in [3.8, 4) is 0 Å². The maximum Gasteiger partial charge on any atom is 0.311 e. The van der Waals surface area contributed by atoms with Crippen molar-refractivity contribution in [3.05, 3.63) is 120 Å². The van der Waals surface area contributed by atoms with E-state index < -0.39 is 11.5 Å². The minimum atomic E-state index is -0.965. The van der Waals surface area contributed by atoms with Crippen molar-refractivity contribution < 1.29 is 14.4 Å². The fraction of sp³-hybridized carbons (Fsp3) is 0.0833. The van der Waals surface area contributed by atoms with E-state index in [1.165, 1.54) is 0 Å². The zero-order valence-corrected chi connectivity index (χ0v) is 15.7. The summed E-state index contributed by atoms with van der Waals surface area (Å²) in [4.78, 5) is 11.0. The van der Waals surface area contributed by atoms with Gasteiger partial charge in [-0.15, -0.1) is 0 Å². The van der Waals surface area contributed by atoms with Crippen LogP contribution in [0.15, 0.2) is 102 Å². The summed E-state index contributed by atoms with van der Waals surface area (Å²) < 4.78 is 5.24. The van der Waals surface area contributed by atoms with Crippen LogP contribution in [0.4, 0.5) is 5.82 Å². The van der Waals surface area contributed by atoms with Crippen molar-refractivity contribution in [1.82, 2.24) is 5.16 Å². The molecule has 0 atom stereocenters. The molecule has 0 aliphatic rings. The van der Waals surface area contributed by atoms with Crippen molar-refractivity contribution in [2.24, 2.45) is 0 Å². The van der Waals surface area contributed by atoms with Crippen LogP contribution in [0.1, 0.15) is 22.5 Å². The normalized spacial score (nSPS) is 11.2. The maximum atomic E-state index is 11.0. The molecule has 0 radical (unpaired) electrons. The van der Waals surface area contributed by atoms with Crippen molar-refractivity contribution in [3.63, 3.8) is 0 Å². The monoisotopic (exact) mass is 384 g/mol. The van der Waals surface area contributed by atoms with Gasteiger partial charge in [0, 0.05) is 6.07 Å². The van der Waals surface area contributed by atoms with E-state index in [9.17, 15) is 4.79 Å². The van der Waals surface area contributed by atoms with Gasteiger partial charge in [-0.05, 0) is 16.7 Å². The summed E-state index contributed by atoms with van der Waals surface area (Å²) in [6.07, 6.45) is -0.219. The quantitative estimate of drug-likeness (QED) is 0.452. The Bertz CT molecular complexity index is 980. The molecule has 0 spiro atoms. The van der Waals surface area contributed by atoms with Crippen molar-refractivity contribution >= 4 is 11.8 Å². The number of carboxylic acids is 1. The van der Waals surface area contributed by atoms with Crippen LogP contribution in [-0.2, 0) is 16.8 Å². The Balaban J connectivity index is 1.90. The van der Waals surface area contributed by atoms with E-state index in [2.05, 4.69) is 46.9 Å². The molecule has 29 heavy (non-hydrogen) atoms. The SMILES string of the molecule is O=C(O)Cc1cc(NC(c2ccccc2)(c2ccccc2)c2ccccc2)no1. The fourth-order valence-corrected chi connectivity index (χ4v) is 3.58. The van der Waals surface area contributed by atoms with Gasteiger partial charge in [0.1, 0.15) is 17.7 Å². The van der Waals surface area contributed by atoms with Crippen LogP contribution in [0.2, 0.25) is 0 Å². The molecule has 0 aliphatic heterocycles. The van der Waals surface area contributed by atoms with Gasteiger partial charge in [-0.25, -0.2) is 0 Å². The van der Waals surface area contributed by atoms with Gasteiger partial charge in [-0.2, -0.15) is 0 Å². The predicted molar refractivity (Wildman–Crippen MR) is 111 cm³/mol.